The van der Waals surface area contributed by atoms with Crippen LogP contribution in [0.3, 0.4) is 0 Å². The molecular formula is C20H18N6O2. The number of benzene rings is 1. The lowest BCUT2D eigenvalue weighted by molar-refractivity contribution is 0.0770. The smallest absolute Gasteiger partial charge is 0.257 e. The predicted molar refractivity (Wildman–Crippen MR) is 100.0 cm³/mol. The van der Waals surface area contributed by atoms with Crippen molar-refractivity contribution in [1.82, 2.24) is 24.6 Å². The van der Waals surface area contributed by atoms with Gasteiger partial charge in [-0.25, -0.2) is 14.6 Å². The van der Waals surface area contributed by atoms with Gasteiger partial charge in [-0.2, -0.15) is 10.4 Å². The molecule has 2 aromatic heterocycles. The normalized spacial score (nSPS) is 16.0. The van der Waals surface area contributed by atoms with E-state index in [1.54, 1.807) is 15.8 Å². The second-order valence-corrected chi connectivity index (χ2v) is 6.49. The number of amides is 1. The van der Waals surface area contributed by atoms with Crippen molar-refractivity contribution in [3.8, 4) is 17.6 Å². The highest BCUT2D eigenvalue weighted by atomic mass is 16.5. The first-order valence-electron chi connectivity index (χ1n) is 8.94. The van der Waals surface area contributed by atoms with E-state index in [1.807, 2.05) is 43.3 Å². The summed E-state index contributed by atoms with van der Waals surface area (Å²) in [7, 11) is 0. The first-order chi connectivity index (χ1) is 13.7. The Balaban J connectivity index is 1.47. The van der Waals surface area contributed by atoms with Gasteiger partial charge in [-0.05, 0) is 19.1 Å². The number of hydrogen-bond acceptors (Lipinski definition) is 6. The maximum atomic E-state index is 13.0. The van der Waals surface area contributed by atoms with Gasteiger partial charge in [-0.3, -0.25) is 4.79 Å². The zero-order valence-corrected chi connectivity index (χ0v) is 15.3. The van der Waals surface area contributed by atoms with E-state index >= 15 is 0 Å². The summed E-state index contributed by atoms with van der Waals surface area (Å²) in [6, 6.07) is 11.7. The number of nitrogens with zero attached hydrogens (tertiary/aromatic N) is 6. The molecule has 0 aliphatic carbocycles. The van der Waals surface area contributed by atoms with Crippen molar-refractivity contribution < 1.29 is 9.53 Å². The molecule has 0 saturated carbocycles. The molecule has 0 radical (unpaired) electrons. The van der Waals surface area contributed by atoms with Crippen LogP contribution in [0.2, 0.25) is 0 Å². The Kier molecular flexibility index (Phi) is 4.72. The minimum Gasteiger partial charge on any atom is -0.470 e. The van der Waals surface area contributed by atoms with E-state index in [0.717, 1.165) is 11.4 Å². The highest BCUT2D eigenvalue weighted by molar-refractivity contribution is 5.95. The van der Waals surface area contributed by atoms with Crippen molar-refractivity contribution >= 4 is 5.91 Å². The SMILES string of the molecule is Cc1c(C(=O)N2CCC(Oc3nccnc3C#N)C2)cnn1-c1ccccc1. The first kappa shape index (κ1) is 17.7. The summed E-state index contributed by atoms with van der Waals surface area (Å²) in [4.78, 5) is 22.7. The quantitative estimate of drug-likeness (QED) is 0.694. The zero-order valence-electron chi connectivity index (χ0n) is 15.3. The molecule has 3 aromatic rings. The summed E-state index contributed by atoms with van der Waals surface area (Å²) < 4.78 is 7.57. The lowest BCUT2D eigenvalue weighted by Crippen LogP contribution is -2.31. The number of hydrogen-bond donors (Lipinski definition) is 0. The molecule has 0 spiro atoms. The van der Waals surface area contributed by atoms with Crippen molar-refractivity contribution in [2.45, 2.75) is 19.4 Å². The Bertz CT molecular complexity index is 1040. The van der Waals surface area contributed by atoms with Crippen LogP contribution in [0.4, 0.5) is 0 Å². The van der Waals surface area contributed by atoms with Gasteiger partial charge >= 0.3 is 0 Å². The van der Waals surface area contributed by atoms with Crippen LogP contribution in [0.5, 0.6) is 5.88 Å². The second-order valence-electron chi connectivity index (χ2n) is 6.49. The Morgan fingerprint density at radius 1 is 1.25 bits per heavy atom. The summed E-state index contributed by atoms with van der Waals surface area (Å²) in [6.07, 6.45) is 4.98. The summed E-state index contributed by atoms with van der Waals surface area (Å²) >= 11 is 0. The number of carbonyl (C=O) groups is 1. The largest absolute Gasteiger partial charge is 0.470 e. The van der Waals surface area contributed by atoms with E-state index in [1.165, 1.54) is 12.4 Å². The molecule has 4 rings (SSSR count). The fourth-order valence-corrected chi connectivity index (χ4v) is 3.27. The minimum atomic E-state index is -0.225. The molecule has 1 saturated heterocycles. The highest BCUT2D eigenvalue weighted by Gasteiger charge is 2.31. The average Bonchev–Trinajstić information content (AvgIpc) is 3.35. The highest BCUT2D eigenvalue weighted by Crippen LogP contribution is 2.22. The maximum Gasteiger partial charge on any atom is 0.257 e. The lowest BCUT2D eigenvalue weighted by Gasteiger charge is -2.17. The van der Waals surface area contributed by atoms with E-state index in [4.69, 9.17) is 10.00 Å². The molecule has 1 aliphatic heterocycles. The molecule has 1 fully saturated rings. The van der Waals surface area contributed by atoms with Gasteiger partial charge in [0.25, 0.3) is 11.8 Å². The van der Waals surface area contributed by atoms with Crippen LogP contribution in [0.1, 0.15) is 28.2 Å². The third-order valence-corrected chi connectivity index (χ3v) is 4.72. The molecule has 0 N–H and O–H groups in total. The topological polar surface area (TPSA) is 96.9 Å². The number of ether oxygens (including phenoxy) is 1. The zero-order chi connectivity index (χ0) is 19.5. The number of aromatic nitrogens is 4. The van der Waals surface area contributed by atoms with Gasteiger partial charge in [0.05, 0.1) is 29.7 Å². The van der Waals surface area contributed by atoms with Gasteiger partial charge in [0, 0.05) is 25.4 Å². The number of rotatable bonds is 4. The van der Waals surface area contributed by atoms with Crippen LogP contribution >= 0.6 is 0 Å². The van der Waals surface area contributed by atoms with E-state index in [0.29, 0.717) is 25.1 Å². The van der Waals surface area contributed by atoms with Crippen LogP contribution in [-0.2, 0) is 0 Å². The number of para-hydroxylation sites is 1. The molecule has 1 atom stereocenters. The van der Waals surface area contributed by atoms with E-state index in [2.05, 4.69) is 15.1 Å². The van der Waals surface area contributed by atoms with Crippen molar-refractivity contribution in [3.05, 3.63) is 65.9 Å². The fourth-order valence-electron chi connectivity index (χ4n) is 3.27. The Labute approximate surface area is 162 Å². The van der Waals surface area contributed by atoms with E-state index < -0.39 is 0 Å². The molecule has 1 amide bonds. The standard InChI is InChI=1S/C20H18N6O2/c1-14-17(12-24-26(14)15-5-3-2-4-6-15)20(27)25-10-7-16(13-25)28-19-18(11-21)22-8-9-23-19/h2-6,8-9,12,16H,7,10,13H2,1H3. The average molecular weight is 374 g/mol. The van der Waals surface area contributed by atoms with Crippen molar-refractivity contribution in [1.29, 1.82) is 5.26 Å². The van der Waals surface area contributed by atoms with Crippen LogP contribution in [0.15, 0.2) is 48.9 Å². The third-order valence-electron chi connectivity index (χ3n) is 4.72. The summed E-state index contributed by atoms with van der Waals surface area (Å²) in [5.74, 6) is 0.128. The number of likely N-dealkylation sites (tertiary alicyclic amines) is 1. The molecule has 0 bridgehead atoms. The first-order valence-corrected chi connectivity index (χ1v) is 8.94. The summed E-state index contributed by atoms with van der Waals surface area (Å²) in [6.45, 7) is 2.88. The molecular weight excluding hydrogens is 356 g/mol. The van der Waals surface area contributed by atoms with Crippen LogP contribution in [0, 0.1) is 18.3 Å². The van der Waals surface area contributed by atoms with Crippen molar-refractivity contribution in [2.24, 2.45) is 0 Å². The van der Waals surface area contributed by atoms with Gasteiger partial charge in [-0.1, -0.05) is 18.2 Å². The van der Waals surface area contributed by atoms with Crippen LogP contribution in [0.25, 0.3) is 5.69 Å². The van der Waals surface area contributed by atoms with Crippen molar-refractivity contribution in [2.75, 3.05) is 13.1 Å². The second kappa shape index (κ2) is 7.48. The Hall–Kier alpha value is -3.73. The summed E-state index contributed by atoms with van der Waals surface area (Å²) in [5.41, 5.74) is 2.42. The Morgan fingerprint density at radius 3 is 2.82 bits per heavy atom. The molecule has 8 heteroatoms. The monoisotopic (exact) mass is 374 g/mol. The summed E-state index contributed by atoms with van der Waals surface area (Å²) in [5, 5.41) is 13.5. The van der Waals surface area contributed by atoms with Gasteiger partial charge in [0.1, 0.15) is 12.2 Å². The maximum absolute atomic E-state index is 13.0. The molecule has 140 valence electrons. The number of carbonyl (C=O) groups excluding carboxylic acids is 1. The van der Waals surface area contributed by atoms with Gasteiger partial charge in [0.15, 0.2) is 0 Å². The minimum absolute atomic E-state index is 0.0783. The fraction of sp³-hybridized carbons (Fsp3) is 0.250. The predicted octanol–water partition coefficient (Wildman–Crippen LogP) is 2.14. The van der Waals surface area contributed by atoms with Crippen molar-refractivity contribution in [3.63, 3.8) is 0 Å². The molecule has 1 unspecified atom stereocenters. The lowest BCUT2D eigenvalue weighted by atomic mass is 10.2. The van der Waals surface area contributed by atoms with Crippen LogP contribution in [-0.4, -0.2) is 49.7 Å². The van der Waals surface area contributed by atoms with E-state index in [-0.39, 0.29) is 23.6 Å². The van der Waals surface area contributed by atoms with Gasteiger partial charge in [-0.15, -0.1) is 0 Å². The molecule has 1 aliphatic rings. The van der Waals surface area contributed by atoms with Crippen LogP contribution < -0.4 is 4.74 Å². The molecule has 3 heterocycles. The number of nitriles is 1. The Morgan fingerprint density at radius 2 is 2.04 bits per heavy atom. The molecule has 1 aromatic carbocycles. The van der Waals surface area contributed by atoms with Gasteiger partial charge < -0.3 is 9.64 Å². The molecule has 28 heavy (non-hydrogen) atoms. The third kappa shape index (κ3) is 3.30. The van der Waals surface area contributed by atoms with E-state index in [9.17, 15) is 4.79 Å². The molecule has 8 nitrogen and oxygen atoms in total. The van der Waals surface area contributed by atoms with Gasteiger partial charge in [0.2, 0.25) is 5.69 Å².